The van der Waals surface area contributed by atoms with Crippen molar-refractivity contribution < 1.29 is 14.3 Å². The molecule has 1 aliphatic rings. The molecule has 0 saturated heterocycles. The number of rotatable bonds is 4. The highest BCUT2D eigenvalue weighted by molar-refractivity contribution is 14.1. The number of nitrogens with one attached hydrogen (secondary N) is 1. The van der Waals surface area contributed by atoms with Gasteiger partial charge < -0.3 is 10.1 Å². The van der Waals surface area contributed by atoms with Crippen molar-refractivity contribution in [3.8, 4) is 0 Å². The van der Waals surface area contributed by atoms with E-state index in [1.54, 1.807) is 11.8 Å². The Kier molecular flexibility index (Phi) is 5.22. The highest BCUT2D eigenvalue weighted by Crippen LogP contribution is 2.29. The number of benzene rings is 1. The summed E-state index contributed by atoms with van der Waals surface area (Å²) < 4.78 is 5.99. The molecule has 1 N–H and O–H groups in total. The van der Waals surface area contributed by atoms with Crippen LogP contribution in [-0.2, 0) is 16.0 Å². The zero-order valence-corrected chi connectivity index (χ0v) is 13.5. The summed E-state index contributed by atoms with van der Waals surface area (Å²) in [4.78, 5) is 25.0. The van der Waals surface area contributed by atoms with Gasteiger partial charge in [-0.3, -0.25) is 9.69 Å². The molecular formula is C14H17IN2O3. The minimum absolute atomic E-state index is 0.158. The molecule has 1 heterocycles. The van der Waals surface area contributed by atoms with Crippen LogP contribution in [0.15, 0.2) is 18.2 Å². The molecular weight excluding hydrogens is 371 g/mol. The number of ether oxygens (including phenoxy) is 1. The van der Waals surface area contributed by atoms with Crippen molar-refractivity contribution >= 4 is 40.3 Å². The van der Waals surface area contributed by atoms with Crippen molar-refractivity contribution in [1.29, 1.82) is 0 Å². The van der Waals surface area contributed by atoms with Crippen LogP contribution in [0.1, 0.15) is 18.9 Å². The van der Waals surface area contributed by atoms with E-state index in [4.69, 9.17) is 4.74 Å². The molecule has 2 amide bonds. The van der Waals surface area contributed by atoms with E-state index in [0.717, 1.165) is 12.1 Å². The first-order chi connectivity index (χ1) is 9.61. The molecule has 0 aliphatic carbocycles. The minimum Gasteiger partial charge on any atom is -0.466 e. The Balaban J connectivity index is 1.88. The predicted octanol–water partition coefficient (Wildman–Crippen LogP) is 2.32. The SMILES string of the molecule is CCOC(=O)CCNC(=O)N1CCc2cc(I)ccc21. The van der Waals surface area contributed by atoms with Crippen LogP contribution in [0.5, 0.6) is 0 Å². The van der Waals surface area contributed by atoms with Crippen LogP contribution in [0.3, 0.4) is 0 Å². The summed E-state index contributed by atoms with van der Waals surface area (Å²) in [7, 11) is 0. The van der Waals surface area contributed by atoms with Crippen LogP contribution in [-0.4, -0.2) is 31.7 Å². The molecule has 5 nitrogen and oxygen atoms in total. The van der Waals surface area contributed by atoms with Crippen molar-refractivity contribution in [2.75, 3.05) is 24.6 Å². The van der Waals surface area contributed by atoms with Crippen molar-refractivity contribution in [2.24, 2.45) is 0 Å². The summed E-state index contributed by atoms with van der Waals surface area (Å²) in [6.45, 7) is 3.11. The number of hydrogen-bond acceptors (Lipinski definition) is 3. The Morgan fingerprint density at radius 1 is 1.45 bits per heavy atom. The number of anilines is 1. The standard InChI is InChI=1S/C14H17IN2O3/c1-2-20-13(18)5-7-16-14(19)17-8-6-10-9-11(15)3-4-12(10)17/h3-4,9H,2,5-8H2,1H3,(H,16,19). The van der Waals surface area contributed by atoms with Crippen molar-refractivity contribution in [1.82, 2.24) is 5.32 Å². The molecule has 2 rings (SSSR count). The molecule has 0 unspecified atom stereocenters. The van der Waals surface area contributed by atoms with Gasteiger partial charge in [0, 0.05) is 22.3 Å². The quantitative estimate of drug-likeness (QED) is 0.636. The summed E-state index contributed by atoms with van der Waals surface area (Å²) in [5, 5.41) is 2.75. The normalized spacial score (nSPS) is 13.0. The van der Waals surface area contributed by atoms with E-state index in [9.17, 15) is 9.59 Å². The fourth-order valence-corrected chi connectivity index (χ4v) is 2.74. The van der Waals surface area contributed by atoms with Gasteiger partial charge >= 0.3 is 12.0 Å². The topological polar surface area (TPSA) is 58.6 Å². The number of nitrogens with zero attached hydrogens (tertiary/aromatic N) is 1. The highest BCUT2D eigenvalue weighted by atomic mass is 127. The minimum atomic E-state index is -0.288. The number of hydrogen-bond donors (Lipinski definition) is 1. The molecule has 0 saturated carbocycles. The summed E-state index contributed by atoms with van der Waals surface area (Å²) >= 11 is 2.26. The first kappa shape index (κ1) is 15.1. The van der Waals surface area contributed by atoms with Gasteiger partial charge in [-0.1, -0.05) is 0 Å². The number of amides is 2. The third-order valence-corrected chi connectivity index (χ3v) is 3.76. The second kappa shape index (κ2) is 6.92. The largest absolute Gasteiger partial charge is 0.466 e. The smallest absolute Gasteiger partial charge is 0.321 e. The van der Waals surface area contributed by atoms with Gasteiger partial charge in [-0.25, -0.2) is 4.79 Å². The number of fused-ring (bicyclic) bond motifs is 1. The van der Waals surface area contributed by atoms with E-state index in [2.05, 4.69) is 34.0 Å². The van der Waals surface area contributed by atoms with Gasteiger partial charge in [0.1, 0.15) is 0 Å². The third kappa shape index (κ3) is 3.62. The molecule has 108 valence electrons. The van der Waals surface area contributed by atoms with Gasteiger partial charge in [0.2, 0.25) is 0 Å². The molecule has 0 bridgehead atoms. The summed E-state index contributed by atoms with van der Waals surface area (Å²) in [5.74, 6) is -0.288. The van der Waals surface area contributed by atoms with Gasteiger partial charge in [-0.15, -0.1) is 0 Å². The Hall–Kier alpha value is -1.31. The van der Waals surface area contributed by atoms with Gasteiger partial charge in [0.05, 0.1) is 13.0 Å². The predicted molar refractivity (Wildman–Crippen MR) is 84.9 cm³/mol. The lowest BCUT2D eigenvalue weighted by atomic mass is 10.2. The van der Waals surface area contributed by atoms with Gasteiger partial charge in [0.15, 0.2) is 0 Å². The van der Waals surface area contributed by atoms with Crippen LogP contribution in [0.4, 0.5) is 10.5 Å². The van der Waals surface area contributed by atoms with Gasteiger partial charge in [-0.05, 0) is 59.7 Å². The number of urea groups is 1. The van der Waals surface area contributed by atoms with E-state index in [1.165, 1.54) is 9.13 Å². The lowest BCUT2D eigenvalue weighted by Gasteiger charge is -2.18. The number of esters is 1. The number of halogens is 1. The second-order valence-electron chi connectivity index (χ2n) is 4.46. The molecule has 0 aromatic heterocycles. The Bertz CT molecular complexity index is 519. The Morgan fingerprint density at radius 3 is 3.00 bits per heavy atom. The maximum absolute atomic E-state index is 12.1. The van der Waals surface area contributed by atoms with E-state index < -0.39 is 0 Å². The van der Waals surface area contributed by atoms with Gasteiger partial charge in [-0.2, -0.15) is 0 Å². The van der Waals surface area contributed by atoms with Crippen LogP contribution >= 0.6 is 22.6 Å². The summed E-state index contributed by atoms with van der Waals surface area (Å²) in [6, 6.07) is 5.90. The maximum Gasteiger partial charge on any atom is 0.321 e. The summed E-state index contributed by atoms with van der Waals surface area (Å²) in [5.41, 5.74) is 2.15. The summed E-state index contributed by atoms with van der Waals surface area (Å²) in [6.07, 6.45) is 1.07. The fourth-order valence-electron chi connectivity index (χ4n) is 2.18. The molecule has 1 aromatic rings. The number of carbonyl (C=O) groups is 2. The van der Waals surface area contributed by atoms with Crippen LogP contribution in [0.2, 0.25) is 0 Å². The molecule has 0 fully saturated rings. The molecule has 1 aliphatic heterocycles. The Labute approximate surface area is 131 Å². The third-order valence-electron chi connectivity index (χ3n) is 3.09. The van der Waals surface area contributed by atoms with Gasteiger partial charge in [0.25, 0.3) is 0 Å². The average Bonchev–Trinajstić information content (AvgIpc) is 2.81. The lowest BCUT2D eigenvalue weighted by Crippen LogP contribution is -2.39. The number of carbonyl (C=O) groups excluding carboxylic acids is 2. The second-order valence-corrected chi connectivity index (χ2v) is 5.71. The molecule has 0 spiro atoms. The van der Waals surface area contributed by atoms with E-state index in [0.29, 0.717) is 19.7 Å². The van der Waals surface area contributed by atoms with Crippen molar-refractivity contribution in [3.05, 3.63) is 27.3 Å². The van der Waals surface area contributed by atoms with E-state index in [-0.39, 0.29) is 18.4 Å². The first-order valence-corrected chi connectivity index (χ1v) is 7.69. The first-order valence-electron chi connectivity index (χ1n) is 6.61. The molecule has 0 atom stereocenters. The Morgan fingerprint density at radius 2 is 2.25 bits per heavy atom. The van der Waals surface area contributed by atoms with Crippen molar-refractivity contribution in [3.63, 3.8) is 0 Å². The van der Waals surface area contributed by atoms with Crippen LogP contribution < -0.4 is 10.2 Å². The molecule has 0 radical (unpaired) electrons. The van der Waals surface area contributed by atoms with E-state index >= 15 is 0 Å². The zero-order valence-electron chi connectivity index (χ0n) is 11.3. The molecule has 6 heteroatoms. The average molecular weight is 388 g/mol. The van der Waals surface area contributed by atoms with Crippen LogP contribution in [0.25, 0.3) is 0 Å². The van der Waals surface area contributed by atoms with E-state index in [1.807, 2.05) is 12.1 Å². The lowest BCUT2D eigenvalue weighted by molar-refractivity contribution is -0.142. The van der Waals surface area contributed by atoms with Crippen LogP contribution in [0, 0.1) is 3.57 Å². The highest BCUT2D eigenvalue weighted by Gasteiger charge is 2.24. The zero-order chi connectivity index (χ0) is 14.5. The van der Waals surface area contributed by atoms with Crippen molar-refractivity contribution in [2.45, 2.75) is 19.8 Å². The molecule has 1 aromatic carbocycles. The monoisotopic (exact) mass is 388 g/mol. The fraction of sp³-hybridized carbons (Fsp3) is 0.429. The molecule has 20 heavy (non-hydrogen) atoms. The maximum atomic E-state index is 12.1.